The van der Waals surface area contributed by atoms with Crippen molar-refractivity contribution < 1.29 is 4.74 Å². The topological polar surface area (TPSA) is 71.3 Å². The monoisotopic (exact) mass is 541 g/mol. The zero-order chi connectivity index (χ0) is 22.2. The van der Waals surface area contributed by atoms with Crippen LogP contribution in [0.4, 0.5) is 23.1 Å². The first kappa shape index (κ1) is 23.0. The number of hydrogen-bond acceptors (Lipinski definition) is 7. The minimum Gasteiger partial charge on any atom is -0.379 e. The number of anilines is 4. The third-order valence-corrected chi connectivity index (χ3v) is 6.93. The lowest BCUT2D eigenvalue weighted by Crippen LogP contribution is -2.41. The Morgan fingerprint density at radius 3 is 2.62 bits per heavy atom. The number of morpholine rings is 1. The number of nitrogens with one attached hydrogen (secondary N) is 1. The fourth-order valence-electron chi connectivity index (χ4n) is 4.53. The van der Waals surface area contributed by atoms with Gasteiger partial charge in [-0.3, -0.25) is 9.47 Å². The maximum absolute atomic E-state index is 5.52. The molecule has 2 aliphatic rings. The molecule has 0 radical (unpaired) electrons. The van der Waals surface area contributed by atoms with E-state index in [0.29, 0.717) is 5.82 Å². The Morgan fingerprint density at radius 2 is 1.76 bits per heavy atom. The van der Waals surface area contributed by atoms with Gasteiger partial charge in [-0.15, -0.1) is 12.4 Å². The number of rotatable bonds is 5. The molecule has 10 heteroatoms. The first-order chi connectivity index (χ1) is 16.3. The van der Waals surface area contributed by atoms with Gasteiger partial charge in [-0.25, -0.2) is 15.0 Å². The van der Waals surface area contributed by atoms with Crippen molar-refractivity contribution in [3.05, 3.63) is 64.9 Å². The van der Waals surface area contributed by atoms with Crippen LogP contribution in [0.1, 0.15) is 5.56 Å². The van der Waals surface area contributed by atoms with Gasteiger partial charge in [0.05, 0.1) is 25.4 Å². The van der Waals surface area contributed by atoms with Gasteiger partial charge in [0.15, 0.2) is 17.0 Å². The van der Waals surface area contributed by atoms with Crippen molar-refractivity contribution in [2.24, 2.45) is 0 Å². The molecule has 0 aliphatic carbocycles. The van der Waals surface area contributed by atoms with Gasteiger partial charge in [0.25, 0.3) is 0 Å². The van der Waals surface area contributed by atoms with Gasteiger partial charge in [-0.1, -0.05) is 30.3 Å². The van der Waals surface area contributed by atoms with Gasteiger partial charge >= 0.3 is 0 Å². The number of hydrogen-bond donors (Lipinski definition) is 1. The van der Waals surface area contributed by atoms with Crippen molar-refractivity contribution in [3.8, 4) is 0 Å². The summed E-state index contributed by atoms with van der Waals surface area (Å²) < 4.78 is 8.69. The molecule has 2 aromatic carbocycles. The number of fused-ring (bicyclic) bond motifs is 4. The van der Waals surface area contributed by atoms with Crippen molar-refractivity contribution >= 4 is 62.6 Å². The second-order valence-electron chi connectivity index (χ2n) is 8.23. The SMILES string of the molecule is Brc1ccccc1Nc1ncnc2c1nc1n2Cc2ccccc2N1CCN1CCOCC1.Cl. The highest BCUT2D eigenvalue weighted by Crippen LogP contribution is 2.38. The fourth-order valence-corrected chi connectivity index (χ4v) is 4.91. The normalized spacial score (nSPS) is 15.5. The molecule has 0 amide bonds. The average Bonchev–Trinajstić information content (AvgIpc) is 3.23. The molecule has 176 valence electrons. The van der Waals surface area contributed by atoms with Crippen LogP contribution in [0.15, 0.2) is 59.3 Å². The molecule has 2 aromatic heterocycles. The van der Waals surface area contributed by atoms with Crippen LogP contribution in [-0.2, 0) is 11.3 Å². The molecule has 4 heterocycles. The van der Waals surface area contributed by atoms with E-state index in [0.717, 1.165) is 73.2 Å². The Morgan fingerprint density at radius 1 is 0.971 bits per heavy atom. The van der Waals surface area contributed by atoms with Crippen LogP contribution in [0.25, 0.3) is 11.2 Å². The van der Waals surface area contributed by atoms with Gasteiger partial charge in [-0.05, 0) is 39.7 Å². The first-order valence-electron chi connectivity index (χ1n) is 11.2. The summed E-state index contributed by atoms with van der Waals surface area (Å²) in [4.78, 5) is 19.0. The van der Waals surface area contributed by atoms with Gasteiger partial charge in [0, 0.05) is 36.3 Å². The van der Waals surface area contributed by atoms with Crippen molar-refractivity contribution in [2.75, 3.05) is 49.6 Å². The largest absolute Gasteiger partial charge is 0.379 e. The van der Waals surface area contributed by atoms with E-state index < -0.39 is 0 Å². The summed E-state index contributed by atoms with van der Waals surface area (Å²) in [6, 6.07) is 16.6. The summed E-state index contributed by atoms with van der Waals surface area (Å²) in [6.45, 7) is 6.08. The molecule has 34 heavy (non-hydrogen) atoms. The zero-order valence-electron chi connectivity index (χ0n) is 18.5. The average molecular weight is 543 g/mol. The van der Waals surface area contributed by atoms with E-state index in [1.807, 2.05) is 24.3 Å². The predicted molar refractivity (Wildman–Crippen MR) is 140 cm³/mol. The van der Waals surface area contributed by atoms with Crippen LogP contribution in [0.5, 0.6) is 0 Å². The summed E-state index contributed by atoms with van der Waals surface area (Å²) in [5.41, 5.74) is 5.02. The zero-order valence-corrected chi connectivity index (χ0v) is 20.9. The van der Waals surface area contributed by atoms with Crippen LogP contribution in [0.2, 0.25) is 0 Å². The molecule has 0 bridgehead atoms. The maximum Gasteiger partial charge on any atom is 0.212 e. The molecule has 0 saturated carbocycles. The molecule has 0 unspecified atom stereocenters. The lowest BCUT2D eigenvalue weighted by atomic mass is 10.1. The number of ether oxygens (including phenoxy) is 1. The second-order valence-corrected chi connectivity index (χ2v) is 9.09. The number of halogens is 2. The van der Waals surface area contributed by atoms with Gasteiger partial charge in [0.1, 0.15) is 6.33 Å². The van der Waals surface area contributed by atoms with Crippen LogP contribution in [-0.4, -0.2) is 63.8 Å². The van der Waals surface area contributed by atoms with Crippen LogP contribution < -0.4 is 10.2 Å². The highest BCUT2D eigenvalue weighted by Gasteiger charge is 2.28. The van der Waals surface area contributed by atoms with E-state index in [2.05, 4.69) is 69.8 Å². The first-order valence-corrected chi connectivity index (χ1v) is 12.0. The molecule has 1 N–H and O–H groups in total. The number of benzene rings is 2. The summed E-state index contributed by atoms with van der Waals surface area (Å²) in [7, 11) is 0. The number of aromatic nitrogens is 4. The van der Waals surface area contributed by atoms with E-state index in [4.69, 9.17) is 9.72 Å². The highest BCUT2D eigenvalue weighted by molar-refractivity contribution is 9.10. The lowest BCUT2D eigenvalue weighted by Gasteiger charge is -2.34. The summed E-state index contributed by atoms with van der Waals surface area (Å²) in [6.07, 6.45) is 1.61. The fraction of sp³-hybridized carbons (Fsp3) is 0.292. The van der Waals surface area contributed by atoms with Crippen molar-refractivity contribution in [2.45, 2.75) is 6.54 Å². The van der Waals surface area contributed by atoms with E-state index >= 15 is 0 Å². The summed E-state index contributed by atoms with van der Waals surface area (Å²) in [5.74, 6) is 1.61. The third kappa shape index (κ3) is 4.24. The molecule has 1 fully saturated rings. The Bertz CT molecular complexity index is 1310. The van der Waals surface area contributed by atoms with Crippen molar-refractivity contribution in [1.82, 2.24) is 24.4 Å². The molecule has 1 saturated heterocycles. The predicted octanol–water partition coefficient (Wildman–Crippen LogP) is 4.59. The molecule has 6 rings (SSSR count). The molecule has 0 atom stereocenters. The molecule has 2 aliphatic heterocycles. The smallest absolute Gasteiger partial charge is 0.212 e. The molecular formula is C24H25BrClN7O. The quantitative estimate of drug-likeness (QED) is 0.396. The molecular weight excluding hydrogens is 518 g/mol. The van der Waals surface area contributed by atoms with E-state index in [1.165, 1.54) is 11.3 Å². The number of imidazole rings is 1. The van der Waals surface area contributed by atoms with Gasteiger partial charge in [0.2, 0.25) is 5.95 Å². The van der Waals surface area contributed by atoms with Crippen LogP contribution in [0.3, 0.4) is 0 Å². The Labute approximate surface area is 212 Å². The Hall–Kier alpha value is -2.72. The maximum atomic E-state index is 5.52. The van der Waals surface area contributed by atoms with Crippen molar-refractivity contribution in [1.29, 1.82) is 0 Å². The summed E-state index contributed by atoms with van der Waals surface area (Å²) >= 11 is 3.61. The number of nitrogens with zero attached hydrogens (tertiary/aromatic N) is 6. The van der Waals surface area contributed by atoms with E-state index in [9.17, 15) is 0 Å². The Balaban J connectivity index is 0.00000241. The minimum absolute atomic E-state index is 0. The Kier molecular flexibility index (Phi) is 6.69. The standard InChI is InChI=1S/C24H24BrN7O.ClH/c25-18-6-2-3-7-19(18)28-22-21-23(27-16-26-22)32-15-17-5-1-4-8-20(17)31(24(32)29-21)10-9-30-11-13-33-14-12-30;/h1-8,16H,9-15H2,(H,26,27,28);1H. The van der Waals surface area contributed by atoms with Gasteiger partial charge in [-0.2, -0.15) is 0 Å². The third-order valence-electron chi connectivity index (χ3n) is 6.23. The van der Waals surface area contributed by atoms with Crippen molar-refractivity contribution in [3.63, 3.8) is 0 Å². The lowest BCUT2D eigenvalue weighted by molar-refractivity contribution is 0.0393. The van der Waals surface area contributed by atoms with E-state index in [-0.39, 0.29) is 12.4 Å². The minimum atomic E-state index is 0. The second kappa shape index (κ2) is 9.87. The molecule has 4 aromatic rings. The van der Waals surface area contributed by atoms with Crippen LogP contribution >= 0.6 is 28.3 Å². The van der Waals surface area contributed by atoms with Gasteiger partial charge < -0.3 is 15.0 Å². The van der Waals surface area contributed by atoms with E-state index in [1.54, 1.807) is 6.33 Å². The van der Waals surface area contributed by atoms with Crippen LogP contribution in [0, 0.1) is 0 Å². The number of para-hydroxylation sites is 2. The highest BCUT2D eigenvalue weighted by atomic mass is 79.9. The summed E-state index contributed by atoms with van der Waals surface area (Å²) in [5, 5.41) is 3.43. The molecule has 8 nitrogen and oxygen atoms in total. The molecule has 0 spiro atoms.